The van der Waals surface area contributed by atoms with Crippen molar-refractivity contribution in [1.29, 1.82) is 0 Å². The molecule has 0 bridgehead atoms. The molecule has 1 amide bonds. The summed E-state index contributed by atoms with van der Waals surface area (Å²) >= 11 is 0. The molecular weight excluding hydrogens is 338 g/mol. The van der Waals surface area contributed by atoms with Gasteiger partial charge in [0.1, 0.15) is 0 Å². The average molecular weight is 361 g/mol. The van der Waals surface area contributed by atoms with Gasteiger partial charge in [-0.05, 0) is 54.5 Å². The summed E-state index contributed by atoms with van der Waals surface area (Å²) < 4.78 is 5.43. The standard InChI is InChI=1S/C22H23N3O2/c26-22(19-10-7-16-5-1-2-6-18(16)13-19)25-11-3-4-15(14-25)12-20-23-21(24-27-20)17-8-9-17/h1-2,5-7,10,13,15,17H,3-4,8-9,11-12,14H2. The van der Waals surface area contributed by atoms with Crippen molar-refractivity contribution in [1.82, 2.24) is 15.0 Å². The Hall–Kier alpha value is -2.69. The van der Waals surface area contributed by atoms with Crippen molar-refractivity contribution in [3.8, 4) is 0 Å². The fraction of sp³-hybridized carbons (Fsp3) is 0.409. The van der Waals surface area contributed by atoms with Gasteiger partial charge in [-0.1, -0.05) is 35.5 Å². The Balaban J connectivity index is 1.28. The molecule has 2 fully saturated rings. The summed E-state index contributed by atoms with van der Waals surface area (Å²) in [4.78, 5) is 19.5. The minimum Gasteiger partial charge on any atom is -0.339 e. The number of hydrogen-bond donors (Lipinski definition) is 0. The molecule has 0 spiro atoms. The SMILES string of the molecule is O=C(c1ccc2ccccc2c1)N1CCCC(Cc2nc(C3CC3)no2)C1. The van der Waals surface area contributed by atoms with Crippen molar-refractivity contribution in [3.63, 3.8) is 0 Å². The van der Waals surface area contributed by atoms with Crippen LogP contribution in [0.2, 0.25) is 0 Å². The van der Waals surface area contributed by atoms with Crippen LogP contribution in [0.25, 0.3) is 10.8 Å². The van der Waals surface area contributed by atoms with Gasteiger partial charge >= 0.3 is 0 Å². The fourth-order valence-electron chi connectivity index (χ4n) is 4.03. The van der Waals surface area contributed by atoms with E-state index < -0.39 is 0 Å². The van der Waals surface area contributed by atoms with E-state index >= 15 is 0 Å². The molecule has 0 N–H and O–H groups in total. The molecule has 1 aliphatic carbocycles. The third-order valence-electron chi connectivity index (χ3n) is 5.69. The number of carbonyl (C=O) groups is 1. The number of fused-ring (bicyclic) bond motifs is 1. The van der Waals surface area contributed by atoms with Crippen molar-refractivity contribution in [2.45, 2.75) is 38.0 Å². The van der Waals surface area contributed by atoms with Crippen molar-refractivity contribution in [2.24, 2.45) is 5.92 Å². The van der Waals surface area contributed by atoms with E-state index in [1.54, 1.807) is 0 Å². The maximum absolute atomic E-state index is 13.0. The average Bonchev–Trinajstić information content (AvgIpc) is 3.47. The molecule has 1 atom stereocenters. The lowest BCUT2D eigenvalue weighted by atomic mass is 9.94. The van der Waals surface area contributed by atoms with Crippen LogP contribution in [0.4, 0.5) is 0 Å². The lowest BCUT2D eigenvalue weighted by Crippen LogP contribution is -2.40. The molecule has 2 aromatic carbocycles. The zero-order valence-corrected chi connectivity index (χ0v) is 15.3. The zero-order chi connectivity index (χ0) is 18.2. The number of aromatic nitrogens is 2. The maximum atomic E-state index is 13.0. The quantitative estimate of drug-likeness (QED) is 0.699. The van der Waals surface area contributed by atoms with E-state index in [4.69, 9.17) is 4.52 Å². The second-order valence-corrected chi connectivity index (χ2v) is 7.85. The Morgan fingerprint density at radius 1 is 1.11 bits per heavy atom. The number of carbonyl (C=O) groups excluding carboxylic acids is 1. The van der Waals surface area contributed by atoms with Crippen LogP contribution in [0, 0.1) is 5.92 Å². The Bertz CT molecular complexity index is 976. The van der Waals surface area contributed by atoms with Gasteiger partial charge in [-0.25, -0.2) is 0 Å². The zero-order valence-electron chi connectivity index (χ0n) is 15.3. The van der Waals surface area contributed by atoms with Gasteiger partial charge in [0.2, 0.25) is 5.89 Å². The van der Waals surface area contributed by atoms with Gasteiger partial charge in [0, 0.05) is 31.0 Å². The summed E-state index contributed by atoms with van der Waals surface area (Å²) in [5, 5.41) is 6.38. The normalized spacial score (nSPS) is 20.1. The van der Waals surface area contributed by atoms with Gasteiger partial charge < -0.3 is 9.42 Å². The van der Waals surface area contributed by atoms with E-state index in [-0.39, 0.29) is 5.91 Å². The molecule has 3 aromatic rings. The van der Waals surface area contributed by atoms with Gasteiger partial charge in [-0.3, -0.25) is 4.79 Å². The molecule has 27 heavy (non-hydrogen) atoms. The number of benzene rings is 2. The first-order valence-corrected chi connectivity index (χ1v) is 9.87. The highest BCUT2D eigenvalue weighted by atomic mass is 16.5. The maximum Gasteiger partial charge on any atom is 0.253 e. The van der Waals surface area contributed by atoms with Gasteiger partial charge in [0.15, 0.2) is 5.82 Å². The predicted octanol–water partition coefficient (Wildman–Crippen LogP) is 4.20. The molecule has 1 aliphatic heterocycles. The van der Waals surface area contributed by atoms with E-state index in [2.05, 4.69) is 22.3 Å². The Kier molecular flexibility index (Phi) is 4.15. The first-order valence-electron chi connectivity index (χ1n) is 9.87. The number of amides is 1. The second-order valence-electron chi connectivity index (χ2n) is 7.85. The Morgan fingerprint density at radius 2 is 1.96 bits per heavy atom. The van der Waals surface area contributed by atoms with E-state index in [9.17, 15) is 4.79 Å². The summed E-state index contributed by atoms with van der Waals surface area (Å²) in [7, 11) is 0. The van der Waals surface area contributed by atoms with Crippen LogP contribution in [0.15, 0.2) is 47.0 Å². The number of likely N-dealkylation sites (tertiary alicyclic amines) is 1. The minimum atomic E-state index is 0.120. The van der Waals surface area contributed by atoms with E-state index in [0.29, 0.717) is 11.8 Å². The van der Waals surface area contributed by atoms with Crippen LogP contribution in [-0.2, 0) is 6.42 Å². The van der Waals surface area contributed by atoms with Gasteiger partial charge in [0.05, 0.1) is 0 Å². The predicted molar refractivity (Wildman–Crippen MR) is 103 cm³/mol. The van der Waals surface area contributed by atoms with E-state index in [1.165, 1.54) is 12.8 Å². The molecule has 1 unspecified atom stereocenters. The van der Waals surface area contributed by atoms with Crippen molar-refractivity contribution >= 4 is 16.7 Å². The summed E-state index contributed by atoms with van der Waals surface area (Å²) in [5.41, 5.74) is 0.767. The summed E-state index contributed by atoms with van der Waals surface area (Å²) in [6.07, 6.45) is 5.24. The molecule has 5 nitrogen and oxygen atoms in total. The number of hydrogen-bond acceptors (Lipinski definition) is 4. The summed E-state index contributed by atoms with van der Waals surface area (Å²) in [5.74, 6) is 2.61. The number of piperidine rings is 1. The Morgan fingerprint density at radius 3 is 2.81 bits per heavy atom. The van der Waals surface area contributed by atoms with Gasteiger partial charge in [0.25, 0.3) is 5.91 Å². The number of rotatable bonds is 4. The molecule has 2 aliphatic rings. The lowest BCUT2D eigenvalue weighted by Gasteiger charge is -2.32. The molecule has 1 saturated carbocycles. The topological polar surface area (TPSA) is 59.2 Å². The first kappa shape index (κ1) is 16.5. The third-order valence-corrected chi connectivity index (χ3v) is 5.69. The largest absolute Gasteiger partial charge is 0.339 e. The lowest BCUT2D eigenvalue weighted by molar-refractivity contribution is 0.0668. The summed E-state index contributed by atoms with van der Waals surface area (Å²) in [6.45, 7) is 1.58. The van der Waals surface area contributed by atoms with Crippen molar-refractivity contribution in [2.75, 3.05) is 13.1 Å². The van der Waals surface area contributed by atoms with E-state index in [1.807, 2.05) is 35.2 Å². The third kappa shape index (κ3) is 3.46. The molecule has 0 radical (unpaired) electrons. The molecule has 5 heteroatoms. The smallest absolute Gasteiger partial charge is 0.253 e. The highest BCUT2D eigenvalue weighted by Crippen LogP contribution is 2.38. The van der Waals surface area contributed by atoms with Gasteiger partial charge in [-0.15, -0.1) is 0 Å². The summed E-state index contributed by atoms with van der Waals surface area (Å²) in [6, 6.07) is 14.1. The highest BCUT2D eigenvalue weighted by molar-refractivity contribution is 5.98. The second kappa shape index (κ2) is 6.80. The minimum absolute atomic E-state index is 0.120. The molecular formula is C22H23N3O2. The Labute approximate surface area is 158 Å². The molecule has 138 valence electrons. The molecule has 5 rings (SSSR count). The monoisotopic (exact) mass is 361 g/mol. The fourth-order valence-corrected chi connectivity index (χ4v) is 4.03. The molecule has 2 heterocycles. The van der Waals surface area contributed by atoms with Crippen molar-refractivity contribution in [3.05, 3.63) is 59.7 Å². The van der Waals surface area contributed by atoms with Crippen LogP contribution in [-0.4, -0.2) is 34.0 Å². The molecule has 1 saturated heterocycles. The first-order chi connectivity index (χ1) is 13.3. The van der Waals surface area contributed by atoms with Crippen LogP contribution >= 0.6 is 0 Å². The van der Waals surface area contributed by atoms with Crippen LogP contribution in [0.3, 0.4) is 0 Å². The van der Waals surface area contributed by atoms with Gasteiger partial charge in [-0.2, -0.15) is 4.98 Å². The van der Waals surface area contributed by atoms with Crippen LogP contribution < -0.4 is 0 Å². The number of nitrogens with zero attached hydrogens (tertiary/aromatic N) is 3. The van der Waals surface area contributed by atoms with Crippen LogP contribution in [0.5, 0.6) is 0 Å². The van der Waals surface area contributed by atoms with E-state index in [0.717, 1.165) is 60.4 Å². The highest BCUT2D eigenvalue weighted by Gasteiger charge is 2.30. The molecule has 1 aromatic heterocycles. The van der Waals surface area contributed by atoms with Crippen LogP contribution in [0.1, 0.15) is 53.7 Å². The van der Waals surface area contributed by atoms with Crippen molar-refractivity contribution < 1.29 is 9.32 Å².